The van der Waals surface area contributed by atoms with Gasteiger partial charge < -0.3 is 14.7 Å². The number of rotatable bonds is 10. The zero-order valence-corrected chi connectivity index (χ0v) is 18.2. The van der Waals surface area contributed by atoms with Crippen LogP contribution in [-0.4, -0.2) is 52.6 Å². The van der Waals surface area contributed by atoms with Gasteiger partial charge in [0.25, 0.3) is 0 Å². The van der Waals surface area contributed by atoms with Crippen molar-refractivity contribution in [2.24, 2.45) is 5.92 Å². The molecular formula is C21H27ClN2O4S. The molecule has 6 nitrogen and oxygen atoms in total. The lowest BCUT2D eigenvalue weighted by Crippen LogP contribution is -2.37. The number of aliphatic hydroxyl groups is 1. The van der Waals surface area contributed by atoms with Gasteiger partial charge in [-0.25, -0.2) is 8.42 Å². The summed E-state index contributed by atoms with van der Waals surface area (Å²) in [5, 5.41) is 11.2. The molecule has 0 aromatic heterocycles. The second-order valence-corrected chi connectivity index (χ2v) is 9.97. The van der Waals surface area contributed by atoms with E-state index < -0.39 is 16.1 Å². The standard InChI is InChI=1S/C21H27ClN2O4S/c1-23(29(2,26)27)18-8-10-21(11-9-18)28-15-20(25)14-24(13-16-6-7-16)19-5-3-4-17(22)12-19/h3-5,8-12,16,20,25H,6-7,13-15H2,1-2H3/t20-/m0/s1. The minimum Gasteiger partial charge on any atom is -0.491 e. The molecule has 0 radical (unpaired) electrons. The Hall–Kier alpha value is -1.96. The fourth-order valence-electron chi connectivity index (χ4n) is 3.01. The van der Waals surface area contributed by atoms with Gasteiger partial charge in [0, 0.05) is 30.8 Å². The average Bonchev–Trinajstić information content (AvgIpc) is 3.49. The predicted octanol–water partition coefficient (Wildman–Crippen LogP) is 3.39. The van der Waals surface area contributed by atoms with Gasteiger partial charge in [-0.1, -0.05) is 17.7 Å². The lowest BCUT2D eigenvalue weighted by molar-refractivity contribution is 0.112. The van der Waals surface area contributed by atoms with E-state index in [2.05, 4.69) is 4.90 Å². The van der Waals surface area contributed by atoms with Gasteiger partial charge in [-0.15, -0.1) is 0 Å². The van der Waals surface area contributed by atoms with Crippen LogP contribution in [0.25, 0.3) is 0 Å². The van der Waals surface area contributed by atoms with Gasteiger partial charge in [-0.3, -0.25) is 4.31 Å². The molecule has 1 N–H and O–H groups in total. The van der Waals surface area contributed by atoms with Crippen LogP contribution in [0, 0.1) is 5.92 Å². The Morgan fingerprint density at radius 3 is 2.45 bits per heavy atom. The SMILES string of the molecule is CN(c1ccc(OC[C@@H](O)CN(CC2CC2)c2cccc(Cl)c2)cc1)S(C)(=O)=O. The number of nitrogens with zero attached hydrogens (tertiary/aromatic N) is 2. The van der Waals surface area contributed by atoms with Crippen molar-refractivity contribution >= 4 is 33.0 Å². The molecule has 0 heterocycles. The number of anilines is 2. The molecule has 0 spiro atoms. The number of hydrogen-bond acceptors (Lipinski definition) is 5. The van der Waals surface area contributed by atoms with Crippen LogP contribution < -0.4 is 13.9 Å². The summed E-state index contributed by atoms with van der Waals surface area (Å²) < 4.78 is 30.1. The summed E-state index contributed by atoms with van der Waals surface area (Å²) in [5.74, 6) is 1.24. The number of ether oxygens (including phenoxy) is 1. The lowest BCUT2D eigenvalue weighted by atomic mass is 10.2. The quantitative estimate of drug-likeness (QED) is 0.615. The van der Waals surface area contributed by atoms with Crippen LogP contribution in [0.3, 0.4) is 0 Å². The maximum Gasteiger partial charge on any atom is 0.231 e. The Bertz CT molecular complexity index is 917. The molecule has 1 aliphatic carbocycles. The van der Waals surface area contributed by atoms with Crippen LogP contribution in [-0.2, 0) is 10.0 Å². The van der Waals surface area contributed by atoms with E-state index in [1.165, 1.54) is 24.2 Å². The number of aliphatic hydroxyl groups excluding tert-OH is 1. The molecule has 0 unspecified atom stereocenters. The molecule has 1 aliphatic rings. The zero-order chi connectivity index (χ0) is 21.0. The second kappa shape index (κ2) is 9.24. The first-order valence-electron chi connectivity index (χ1n) is 9.57. The Morgan fingerprint density at radius 2 is 1.86 bits per heavy atom. The molecule has 2 aromatic carbocycles. The Labute approximate surface area is 177 Å². The fourth-order valence-corrected chi connectivity index (χ4v) is 3.70. The van der Waals surface area contributed by atoms with E-state index in [1.54, 1.807) is 24.3 Å². The van der Waals surface area contributed by atoms with Crippen LogP contribution in [0.2, 0.25) is 5.02 Å². The average molecular weight is 439 g/mol. The highest BCUT2D eigenvalue weighted by Crippen LogP contribution is 2.32. The molecule has 1 fully saturated rings. The summed E-state index contributed by atoms with van der Waals surface area (Å²) in [6.07, 6.45) is 2.92. The van der Waals surface area contributed by atoms with Gasteiger partial charge in [-0.05, 0) is 61.2 Å². The maximum atomic E-state index is 11.6. The zero-order valence-electron chi connectivity index (χ0n) is 16.7. The highest BCUT2D eigenvalue weighted by Gasteiger charge is 2.26. The summed E-state index contributed by atoms with van der Waals surface area (Å²) in [6, 6.07) is 14.4. The van der Waals surface area contributed by atoms with Crippen LogP contribution in [0.1, 0.15) is 12.8 Å². The Morgan fingerprint density at radius 1 is 1.17 bits per heavy atom. The smallest absolute Gasteiger partial charge is 0.231 e. The second-order valence-electron chi connectivity index (χ2n) is 7.52. The van der Waals surface area contributed by atoms with E-state index in [9.17, 15) is 13.5 Å². The van der Waals surface area contributed by atoms with Gasteiger partial charge in [0.2, 0.25) is 10.0 Å². The summed E-state index contributed by atoms with van der Waals surface area (Å²) >= 11 is 6.13. The van der Waals surface area contributed by atoms with Gasteiger partial charge in [-0.2, -0.15) is 0 Å². The summed E-state index contributed by atoms with van der Waals surface area (Å²) in [4.78, 5) is 2.15. The largest absolute Gasteiger partial charge is 0.491 e. The van der Waals surface area contributed by atoms with Crippen LogP contribution in [0.15, 0.2) is 48.5 Å². The molecular weight excluding hydrogens is 412 g/mol. The van der Waals surface area contributed by atoms with Crippen LogP contribution in [0.4, 0.5) is 11.4 Å². The minimum absolute atomic E-state index is 0.142. The van der Waals surface area contributed by atoms with Crippen LogP contribution >= 0.6 is 11.6 Å². The van der Waals surface area contributed by atoms with E-state index in [1.807, 2.05) is 24.3 Å². The van der Waals surface area contributed by atoms with E-state index in [4.69, 9.17) is 16.3 Å². The summed E-state index contributed by atoms with van der Waals surface area (Å²) in [5.41, 5.74) is 1.55. The van der Waals surface area contributed by atoms with Crippen molar-refractivity contribution in [3.63, 3.8) is 0 Å². The summed E-state index contributed by atoms with van der Waals surface area (Å²) in [7, 11) is -1.81. The molecule has 0 saturated heterocycles. The van der Waals surface area contributed by atoms with Gasteiger partial charge in [0.1, 0.15) is 18.5 Å². The molecule has 0 amide bonds. The van der Waals surface area contributed by atoms with Crippen molar-refractivity contribution in [1.82, 2.24) is 0 Å². The van der Waals surface area contributed by atoms with Crippen molar-refractivity contribution in [3.8, 4) is 5.75 Å². The topological polar surface area (TPSA) is 70.1 Å². The van der Waals surface area contributed by atoms with E-state index in [-0.39, 0.29) is 6.61 Å². The van der Waals surface area contributed by atoms with Crippen molar-refractivity contribution in [1.29, 1.82) is 0 Å². The van der Waals surface area contributed by atoms with Crippen molar-refractivity contribution in [2.45, 2.75) is 18.9 Å². The molecule has 29 heavy (non-hydrogen) atoms. The monoisotopic (exact) mass is 438 g/mol. The predicted molar refractivity (Wildman–Crippen MR) is 118 cm³/mol. The first-order chi connectivity index (χ1) is 13.7. The first kappa shape index (κ1) is 21.7. The highest BCUT2D eigenvalue weighted by molar-refractivity contribution is 7.92. The molecule has 0 bridgehead atoms. The van der Waals surface area contributed by atoms with E-state index in [0.717, 1.165) is 18.5 Å². The van der Waals surface area contributed by atoms with Crippen molar-refractivity contribution < 1.29 is 18.3 Å². The van der Waals surface area contributed by atoms with Gasteiger partial charge in [0.05, 0.1) is 11.9 Å². The molecule has 0 aliphatic heterocycles. The van der Waals surface area contributed by atoms with Gasteiger partial charge >= 0.3 is 0 Å². The Kier molecular flexibility index (Phi) is 6.93. The number of benzene rings is 2. The number of sulfonamides is 1. The fraction of sp³-hybridized carbons (Fsp3) is 0.429. The molecule has 1 atom stereocenters. The van der Waals surface area contributed by atoms with Crippen LogP contribution in [0.5, 0.6) is 5.75 Å². The third kappa shape index (κ3) is 6.52. The van der Waals surface area contributed by atoms with Gasteiger partial charge in [0.15, 0.2) is 0 Å². The molecule has 1 saturated carbocycles. The van der Waals surface area contributed by atoms with Crippen molar-refractivity contribution in [2.75, 3.05) is 42.2 Å². The molecule has 3 rings (SSSR count). The third-order valence-electron chi connectivity index (χ3n) is 4.92. The highest BCUT2D eigenvalue weighted by atomic mass is 35.5. The molecule has 158 valence electrons. The minimum atomic E-state index is -3.30. The normalized spacial score (nSPS) is 15.0. The third-order valence-corrected chi connectivity index (χ3v) is 6.36. The maximum absolute atomic E-state index is 11.6. The van der Waals surface area contributed by atoms with Crippen molar-refractivity contribution in [3.05, 3.63) is 53.6 Å². The Balaban J connectivity index is 1.57. The number of halogens is 1. The lowest BCUT2D eigenvalue weighted by Gasteiger charge is -2.27. The molecule has 2 aromatic rings. The molecule has 8 heteroatoms. The number of hydrogen-bond donors (Lipinski definition) is 1. The van der Waals surface area contributed by atoms with E-state index >= 15 is 0 Å². The first-order valence-corrected chi connectivity index (χ1v) is 11.8. The summed E-state index contributed by atoms with van der Waals surface area (Å²) in [6.45, 7) is 1.48. The van der Waals surface area contributed by atoms with E-state index in [0.29, 0.717) is 28.9 Å².